The molecule has 0 aromatic heterocycles. The maximum absolute atomic E-state index is 12.1. The quantitative estimate of drug-likeness (QED) is 0.375. The molecule has 0 saturated heterocycles. The summed E-state index contributed by atoms with van der Waals surface area (Å²) in [6.45, 7) is 2.76. The summed E-state index contributed by atoms with van der Waals surface area (Å²) < 4.78 is 0. The Kier molecular flexibility index (Phi) is 7.57. The number of non-ortho nitro benzene ring substituents is 1. The first kappa shape index (κ1) is 20.2. The van der Waals surface area contributed by atoms with E-state index < -0.39 is 4.92 Å². The number of rotatable bonds is 10. The molecule has 0 atom stereocenters. The van der Waals surface area contributed by atoms with Gasteiger partial charge in [-0.25, -0.2) is 0 Å². The van der Waals surface area contributed by atoms with Crippen molar-refractivity contribution in [3.8, 4) is 0 Å². The van der Waals surface area contributed by atoms with Crippen molar-refractivity contribution >= 4 is 23.0 Å². The van der Waals surface area contributed by atoms with E-state index in [1.807, 2.05) is 31.2 Å². The number of aryl methyl sites for hydroxylation is 1. The second-order valence-electron chi connectivity index (χ2n) is 6.02. The number of nitro benzene ring substituents is 1. The van der Waals surface area contributed by atoms with Crippen LogP contribution in [-0.2, 0) is 11.2 Å². The Bertz CT molecular complexity index is 795. The molecule has 2 rings (SSSR count). The third kappa shape index (κ3) is 6.27. The fourth-order valence-corrected chi connectivity index (χ4v) is 2.60. The molecule has 4 N–H and O–H groups in total. The van der Waals surface area contributed by atoms with Crippen LogP contribution in [0, 0.1) is 17.0 Å². The van der Waals surface area contributed by atoms with Crippen molar-refractivity contribution < 1.29 is 14.8 Å². The predicted octanol–water partition coefficient (Wildman–Crippen LogP) is 2.08. The molecule has 8 nitrogen and oxygen atoms in total. The summed E-state index contributed by atoms with van der Waals surface area (Å²) >= 11 is 0. The van der Waals surface area contributed by atoms with Gasteiger partial charge in [0.05, 0.1) is 29.4 Å². The molecule has 0 aliphatic heterocycles. The van der Waals surface area contributed by atoms with Gasteiger partial charge in [0.2, 0.25) is 5.91 Å². The van der Waals surface area contributed by atoms with Crippen molar-refractivity contribution in [1.29, 1.82) is 0 Å². The van der Waals surface area contributed by atoms with E-state index in [-0.39, 0.29) is 24.7 Å². The summed E-state index contributed by atoms with van der Waals surface area (Å²) in [5.74, 6) is -0.205. The van der Waals surface area contributed by atoms with Gasteiger partial charge < -0.3 is 21.1 Å². The van der Waals surface area contributed by atoms with Crippen LogP contribution in [0.3, 0.4) is 0 Å². The summed E-state index contributed by atoms with van der Waals surface area (Å²) in [6, 6.07) is 12.3. The van der Waals surface area contributed by atoms with Crippen LogP contribution >= 0.6 is 0 Å². The number of nitro groups is 1. The second kappa shape index (κ2) is 10.1. The number of carbonyl (C=O) groups excluding carboxylic acids is 1. The smallest absolute Gasteiger partial charge is 0.271 e. The molecule has 144 valence electrons. The lowest BCUT2D eigenvalue weighted by Gasteiger charge is -2.13. The number of hydrogen-bond acceptors (Lipinski definition) is 6. The Labute approximate surface area is 157 Å². The molecule has 0 spiro atoms. The molecule has 0 aliphatic carbocycles. The summed E-state index contributed by atoms with van der Waals surface area (Å²) in [5.41, 5.74) is 3.31. The molecular weight excluding hydrogens is 348 g/mol. The number of nitrogens with one attached hydrogen (secondary N) is 3. The van der Waals surface area contributed by atoms with E-state index in [2.05, 4.69) is 16.0 Å². The van der Waals surface area contributed by atoms with Crippen molar-refractivity contribution in [3.63, 3.8) is 0 Å². The number of aliphatic hydroxyl groups is 1. The maximum Gasteiger partial charge on any atom is 0.271 e. The highest BCUT2D eigenvalue weighted by Crippen LogP contribution is 2.26. The number of hydrogen-bond donors (Lipinski definition) is 4. The van der Waals surface area contributed by atoms with Gasteiger partial charge >= 0.3 is 0 Å². The van der Waals surface area contributed by atoms with Gasteiger partial charge in [-0.3, -0.25) is 14.9 Å². The fraction of sp³-hybridized carbons (Fsp3) is 0.316. The summed E-state index contributed by atoms with van der Waals surface area (Å²) in [5, 5.41) is 28.6. The molecule has 0 fully saturated rings. The maximum atomic E-state index is 12.1. The van der Waals surface area contributed by atoms with Crippen molar-refractivity contribution in [3.05, 3.63) is 63.7 Å². The lowest BCUT2D eigenvalue weighted by atomic mass is 10.1. The minimum Gasteiger partial charge on any atom is -0.395 e. The number of carbonyl (C=O) groups is 1. The lowest BCUT2D eigenvalue weighted by molar-refractivity contribution is -0.384. The molecule has 2 aromatic rings. The van der Waals surface area contributed by atoms with Crippen LogP contribution in [0.1, 0.15) is 11.1 Å². The van der Waals surface area contributed by atoms with Crippen LogP contribution in [0.2, 0.25) is 0 Å². The van der Waals surface area contributed by atoms with E-state index in [0.29, 0.717) is 24.5 Å². The standard InChI is InChI=1S/C19H24N4O4/c1-14-4-2-3-5-15(14)8-9-21-19(25)13-22-18-12-16(23(26)27)6-7-17(18)20-10-11-24/h2-7,12,20,22,24H,8-11,13H2,1H3,(H,21,25). The van der Waals surface area contributed by atoms with Crippen LogP contribution in [0.5, 0.6) is 0 Å². The van der Waals surface area contributed by atoms with Gasteiger partial charge in [-0.2, -0.15) is 0 Å². The van der Waals surface area contributed by atoms with Crippen molar-refractivity contribution in [2.75, 3.05) is 36.9 Å². The molecule has 2 aromatic carbocycles. The molecule has 1 amide bonds. The van der Waals surface area contributed by atoms with Crippen molar-refractivity contribution in [2.24, 2.45) is 0 Å². The first-order valence-corrected chi connectivity index (χ1v) is 8.69. The third-order valence-corrected chi connectivity index (χ3v) is 4.06. The molecule has 0 bridgehead atoms. The van der Waals surface area contributed by atoms with Crippen LogP contribution < -0.4 is 16.0 Å². The van der Waals surface area contributed by atoms with Gasteiger partial charge in [0.25, 0.3) is 5.69 Å². The molecule has 0 saturated carbocycles. The van der Waals surface area contributed by atoms with Gasteiger partial charge in [-0.05, 0) is 30.5 Å². The zero-order valence-electron chi connectivity index (χ0n) is 15.2. The van der Waals surface area contributed by atoms with Gasteiger partial charge in [-0.1, -0.05) is 24.3 Å². The van der Waals surface area contributed by atoms with Crippen LogP contribution in [0.25, 0.3) is 0 Å². The number of anilines is 2. The lowest BCUT2D eigenvalue weighted by Crippen LogP contribution is -2.31. The zero-order chi connectivity index (χ0) is 19.6. The average molecular weight is 372 g/mol. The summed E-state index contributed by atoms with van der Waals surface area (Å²) in [7, 11) is 0. The highest BCUT2D eigenvalue weighted by atomic mass is 16.6. The van der Waals surface area contributed by atoms with E-state index >= 15 is 0 Å². The number of amides is 1. The summed E-state index contributed by atoms with van der Waals surface area (Å²) in [6.07, 6.45) is 0.735. The van der Waals surface area contributed by atoms with Crippen molar-refractivity contribution in [1.82, 2.24) is 5.32 Å². The monoisotopic (exact) mass is 372 g/mol. The van der Waals surface area contributed by atoms with E-state index in [1.54, 1.807) is 6.07 Å². The largest absolute Gasteiger partial charge is 0.395 e. The third-order valence-electron chi connectivity index (χ3n) is 4.06. The average Bonchev–Trinajstić information content (AvgIpc) is 2.66. The van der Waals surface area contributed by atoms with E-state index in [1.165, 1.54) is 23.3 Å². The van der Waals surface area contributed by atoms with E-state index in [9.17, 15) is 14.9 Å². The zero-order valence-corrected chi connectivity index (χ0v) is 15.2. The second-order valence-corrected chi connectivity index (χ2v) is 6.02. The van der Waals surface area contributed by atoms with Gasteiger partial charge in [-0.15, -0.1) is 0 Å². The number of nitrogens with zero attached hydrogens (tertiary/aromatic N) is 1. The molecule has 0 aliphatic rings. The Balaban J connectivity index is 1.90. The number of aliphatic hydroxyl groups excluding tert-OH is 1. The van der Waals surface area contributed by atoms with Crippen LogP contribution in [-0.4, -0.2) is 42.2 Å². The highest BCUT2D eigenvalue weighted by molar-refractivity contribution is 5.83. The molecular formula is C19H24N4O4. The molecule has 0 heterocycles. The normalized spacial score (nSPS) is 10.3. The minimum atomic E-state index is -0.497. The minimum absolute atomic E-state index is 0.0112. The predicted molar refractivity (Wildman–Crippen MR) is 105 cm³/mol. The van der Waals surface area contributed by atoms with E-state index in [4.69, 9.17) is 5.11 Å². The van der Waals surface area contributed by atoms with Crippen molar-refractivity contribution in [2.45, 2.75) is 13.3 Å². The molecule has 0 unspecified atom stereocenters. The van der Waals surface area contributed by atoms with Gasteiger partial charge in [0, 0.05) is 25.2 Å². The molecule has 8 heteroatoms. The molecule has 0 radical (unpaired) electrons. The van der Waals surface area contributed by atoms with Gasteiger partial charge in [0.15, 0.2) is 0 Å². The Hall–Kier alpha value is -3.13. The van der Waals surface area contributed by atoms with Gasteiger partial charge in [0.1, 0.15) is 0 Å². The van der Waals surface area contributed by atoms with Crippen LogP contribution in [0.4, 0.5) is 17.1 Å². The SMILES string of the molecule is Cc1ccccc1CCNC(=O)CNc1cc([N+](=O)[O-])ccc1NCCO. The first-order valence-electron chi connectivity index (χ1n) is 8.69. The Morgan fingerprint density at radius 1 is 1.11 bits per heavy atom. The topological polar surface area (TPSA) is 117 Å². The Morgan fingerprint density at radius 2 is 1.89 bits per heavy atom. The molecule has 27 heavy (non-hydrogen) atoms. The summed E-state index contributed by atoms with van der Waals surface area (Å²) in [4.78, 5) is 22.5. The number of benzene rings is 2. The Morgan fingerprint density at radius 3 is 2.59 bits per heavy atom. The highest BCUT2D eigenvalue weighted by Gasteiger charge is 2.11. The first-order chi connectivity index (χ1) is 13.0. The van der Waals surface area contributed by atoms with E-state index in [0.717, 1.165) is 6.42 Å². The van der Waals surface area contributed by atoms with Crippen LogP contribution in [0.15, 0.2) is 42.5 Å². The fourth-order valence-electron chi connectivity index (χ4n) is 2.60.